The second-order valence-electron chi connectivity index (χ2n) is 3.92. The van der Waals surface area contributed by atoms with Crippen molar-refractivity contribution in [2.24, 2.45) is 0 Å². The molecule has 0 bridgehead atoms. The van der Waals surface area contributed by atoms with Crippen molar-refractivity contribution in [2.45, 2.75) is 13.5 Å². The van der Waals surface area contributed by atoms with Gasteiger partial charge in [0, 0.05) is 36.9 Å². The van der Waals surface area contributed by atoms with Crippen LogP contribution in [0.15, 0.2) is 48.8 Å². The van der Waals surface area contributed by atoms with E-state index in [1.807, 2.05) is 42.7 Å². The van der Waals surface area contributed by atoms with Gasteiger partial charge in [0.1, 0.15) is 0 Å². The first-order valence-corrected chi connectivity index (χ1v) is 5.79. The molecule has 3 heteroatoms. The standard InChI is InChI=1S/C14H17N3/c1-2-17(13-7-9-16-10-8-13)11-12-5-3-4-6-14(12)15/h3-10H,2,11,15H2,1H3. The molecule has 2 aromatic rings. The van der Waals surface area contributed by atoms with Crippen LogP contribution >= 0.6 is 0 Å². The second kappa shape index (κ2) is 5.34. The highest BCUT2D eigenvalue weighted by atomic mass is 15.1. The number of rotatable bonds is 4. The number of nitrogen functional groups attached to an aromatic ring is 1. The molecule has 0 aliphatic carbocycles. The monoisotopic (exact) mass is 227 g/mol. The fourth-order valence-corrected chi connectivity index (χ4v) is 1.82. The summed E-state index contributed by atoms with van der Waals surface area (Å²) in [4.78, 5) is 6.31. The van der Waals surface area contributed by atoms with Crippen LogP contribution in [0.25, 0.3) is 0 Å². The number of para-hydroxylation sites is 1. The Morgan fingerprint density at radius 1 is 1.12 bits per heavy atom. The third-order valence-electron chi connectivity index (χ3n) is 2.83. The topological polar surface area (TPSA) is 42.1 Å². The van der Waals surface area contributed by atoms with E-state index in [4.69, 9.17) is 5.73 Å². The summed E-state index contributed by atoms with van der Waals surface area (Å²) in [5, 5.41) is 0. The van der Waals surface area contributed by atoms with Crippen molar-refractivity contribution in [3.8, 4) is 0 Å². The van der Waals surface area contributed by atoms with Crippen molar-refractivity contribution in [1.82, 2.24) is 4.98 Å². The van der Waals surface area contributed by atoms with Gasteiger partial charge >= 0.3 is 0 Å². The molecule has 0 atom stereocenters. The minimum Gasteiger partial charge on any atom is -0.398 e. The Bertz CT molecular complexity index is 468. The molecule has 0 aliphatic heterocycles. The van der Waals surface area contributed by atoms with E-state index in [0.717, 1.165) is 24.3 Å². The molecule has 0 spiro atoms. The first-order valence-electron chi connectivity index (χ1n) is 5.79. The Kier molecular flexibility index (Phi) is 3.60. The molecular weight excluding hydrogens is 210 g/mol. The van der Waals surface area contributed by atoms with Gasteiger partial charge in [-0.1, -0.05) is 18.2 Å². The Morgan fingerprint density at radius 3 is 2.47 bits per heavy atom. The van der Waals surface area contributed by atoms with Crippen LogP contribution in [0, 0.1) is 0 Å². The summed E-state index contributed by atoms with van der Waals surface area (Å²) in [5.74, 6) is 0. The quantitative estimate of drug-likeness (QED) is 0.816. The zero-order valence-corrected chi connectivity index (χ0v) is 10.0. The van der Waals surface area contributed by atoms with Gasteiger partial charge in [-0.25, -0.2) is 0 Å². The van der Waals surface area contributed by atoms with Gasteiger partial charge in [0.25, 0.3) is 0 Å². The Hall–Kier alpha value is -2.03. The molecule has 0 saturated carbocycles. The van der Waals surface area contributed by atoms with Crippen LogP contribution in [0.4, 0.5) is 11.4 Å². The highest BCUT2D eigenvalue weighted by Gasteiger charge is 2.06. The smallest absolute Gasteiger partial charge is 0.0449 e. The average Bonchev–Trinajstić information content (AvgIpc) is 2.39. The molecule has 1 heterocycles. The minimum atomic E-state index is 0.827. The molecule has 2 N–H and O–H groups in total. The van der Waals surface area contributed by atoms with Gasteiger partial charge in [-0.2, -0.15) is 0 Å². The normalized spacial score (nSPS) is 10.2. The van der Waals surface area contributed by atoms with E-state index >= 15 is 0 Å². The molecule has 0 aliphatic rings. The highest BCUT2D eigenvalue weighted by Crippen LogP contribution is 2.18. The number of anilines is 2. The summed E-state index contributed by atoms with van der Waals surface area (Å²) in [6.45, 7) is 3.91. The molecule has 1 aromatic carbocycles. The lowest BCUT2D eigenvalue weighted by Crippen LogP contribution is -2.22. The highest BCUT2D eigenvalue weighted by molar-refractivity contribution is 5.51. The van der Waals surface area contributed by atoms with Crippen LogP contribution in [0.3, 0.4) is 0 Å². The van der Waals surface area contributed by atoms with E-state index in [0.29, 0.717) is 0 Å². The maximum Gasteiger partial charge on any atom is 0.0449 e. The lowest BCUT2D eigenvalue weighted by Gasteiger charge is -2.23. The number of hydrogen-bond acceptors (Lipinski definition) is 3. The molecule has 0 amide bonds. The molecule has 3 nitrogen and oxygen atoms in total. The molecule has 2 rings (SSSR count). The van der Waals surface area contributed by atoms with Gasteiger partial charge in [-0.05, 0) is 30.7 Å². The van der Waals surface area contributed by atoms with Crippen molar-refractivity contribution in [1.29, 1.82) is 0 Å². The van der Waals surface area contributed by atoms with E-state index in [2.05, 4.69) is 22.9 Å². The zero-order chi connectivity index (χ0) is 12.1. The molecule has 0 radical (unpaired) electrons. The van der Waals surface area contributed by atoms with Crippen molar-refractivity contribution in [3.05, 3.63) is 54.4 Å². The molecule has 17 heavy (non-hydrogen) atoms. The molecule has 0 saturated heterocycles. The van der Waals surface area contributed by atoms with Gasteiger partial charge in [-0.3, -0.25) is 4.98 Å². The first-order chi connectivity index (χ1) is 8.31. The van der Waals surface area contributed by atoms with Crippen LogP contribution in [0.5, 0.6) is 0 Å². The van der Waals surface area contributed by atoms with Gasteiger partial charge in [0.05, 0.1) is 0 Å². The summed E-state index contributed by atoms with van der Waals surface area (Å²) in [6.07, 6.45) is 3.62. The predicted molar refractivity (Wildman–Crippen MR) is 71.8 cm³/mol. The van der Waals surface area contributed by atoms with Crippen molar-refractivity contribution >= 4 is 11.4 Å². The lowest BCUT2D eigenvalue weighted by atomic mass is 10.1. The Morgan fingerprint density at radius 2 is 1.82 bits per heavy atom. The average molecular weight is 227 g/mol. The number of benzene rings is 1. The fourth-order valence-electron chi connectivity index (χ4n) is 1.82. The summed E-state index contributed by atoms with van der Waals surface area (Å²) in [7, 11) is 0. The van der Waals surface area contributed by atoms with Crippen LogP contribution < -0.4 is 10.6 Å². The SMILES string of the molecule is CCN(Cc1ccccc1N)c1ccncc1. The number of pyridine rings is 1. The van der Waals surface area contributed by atoms with Crippen LogP contribution in [-0.2, 0) is 6.54 Å². The summed E-state index contributed by atoms with van der Waals surface area (Å²) < 4.78 is 0. The van der Waals surface area contributed by atoms with E-state index in [-0.39, 0.29) is 0 Å². The van der Waals surface area contributed by atoms with Gasteiger partial charge in [0.15, 0.2) is 0 Å². The van der Waals surface area contributed by atoms with Crippen LogP contribution in [0.1, 0.15) is 12.5 Å². The number of nitrogens with two attached hydrogens (primary N) is 1. The van der Waals surface area contributed by atoms with Gasteiger partial charge < -0.3 is 10.6 Å². The largest absolute Gasteiger partial charge is 0.398 e. The predicted octanol–water partition coefficient (Wildman–Crippen LogP) is 2.69. The molecule has 0 fully saturated rings. The van der Waals surface area contributed by atoms with E-state index in [1.165, 1.54) is 5.69 Å². The minimum absolute atomic E-state index is 0.827. The second-order valence-corrected chi connectivity index (χ2v) is 3.92. The molecule has 0 unspecified atom stereocenters. The molecule has 1 aromatic heterocycles. The van der Waals surface area contributed by atoms with Crippen LogP contribution in [-0.4, -0.2) is 11.5 Å². The van der Waals surface area contributed by atoms with Crippen molar-refractivity contribution < 1.29 is 0 Å². The third kappa shape index (κ3) is 2.75. The van der Waals surface area contributed by atoms with E-state index in [1.54, 1.807) is 0 Å². The Labute approximate surface area is 102 Å². The first kappa shape index (κ1) is 11.5. The summed E-state index contributed by atoms with van der Waals surface area (Å²) in [6, 6.07) is 12.0. The van der Waals surface area contributed by atoms with Crippen molar-refractivity contribution in [3.63, 3.8) is 0 Å². The lowest BCUT2D eigenvalue weighted by molar-refractivity contribution is 0.832. The zero-order valence-electron chi connectivity index (χ0n) is 10.0. The maximum absolute atomic E-state index is 5.96. The number of nitrogens with zero attached hydrogens (tertiary/aromatic N) is 2. The van der Waals surface area contributed by atoms with Crippen molar-refractivity contribution in [2.75, 3.05) is 17.2 Å². The number of aromatic nitrogens is 1. The van der Waals surface area contributed by atoms with Gasteiger partial charge in [0.2, 0.25) is 0 Å². The molecular formula is C14H17N3. The third-order valence-corrected chi connectivity index (χ3v) is 2.83. The van der Waals surface area contributed by atoms with E-state index < -0.39 is 0 Å². The summed E-state index contributed by atoms with van der Waals surface area (Å²) >= 11 is 0. The summed E-state index contributed by atoms with van der Waals surface area (Å²) in [5.41, 5.74) is 9.14. The fraction of sp³-hybridized carbons (Fsp3) is 0.214. The number of hydrogen-bond donors (Lipinski definition) is 1. The van der Waals surface area contributed by atoms with Gasteiger partial charge in [-0.15, -0.1) is 0 Å². The van der Waals surface area contributed by atoms with Crippen LogP contribution in [0.2, 0.25) is 0 Å². The Balaban J connectivity index is 2.19. The maximum atomic E-state index is 5.96. The molecule has 88 valence electrons. The van der Waals surface area contributed by atoms with E-state index in [9.17, 15) is 0 Å².